The first-order valence-electron chi connectivity index (χ1n) is 10.2. The number of hydrogen-bond acceptors (Lipinski definition) is 7. The van der Waals surface area contributed by atoms with Crippen molar-refractivity contribution < 1.29 is 14.3 Å². The SMILES string of the molecule is CC(C)(C)OC(=O)N1CCC(Oc2cc(N3CCc4nc(Cl)ccc43)ncn2)CC1. The van der Waals surface area contributed by atoms with Crippen molar-refractivity contribution >= 4 is 29.2 Å². The van der Waals surface area contributed by atoms with Crippen molar-refractivity contribution in [3.05, 3.63) is 35.4 Å². The Labute approximate surface area is 181 Å². The molecule has 0 radical (unpaired) electrons. The van der Waals surface area contributed by atoms with Crippen molar-refractivity contribution in [1.29, 1.82) is 0 Å². The fourth-order valence-corrected chi connectivity index (χ4v) is 3.83. The van der Waals surface area contributed by atoms with Crippen LogP contribution in [0.1, 0.15) is 39.3 Å². The summed E-state index contributed by atoms with van der Waals surface area (Å²) in [5.74, 6) is 1.31. The topological polar surface area (TPSA) is 80.7 Å². The molecule has 2 aromatic rings. The van der Waals surface area contributed by atoms with Gasteiger partial charge in [0.1, 0.15) is 29.0 Å². The molecule has 0 saturated carbocycles. The number of anilines is 2. The number of carbonyl (C=O) groups excluding carboxylic acids is 1. The maximum atomic E-state index is 12.2. The van der Waals surface area contributed by atoms with E-state index in [2.05, 4.69) is 19.9 Å². The molecule has 1 amide bonds. The molecule has 1 saturated heterocycles. The normalized spacial score (nSPS) is 17.1. The number of carbonyl (C=O) groups is 1. The number of halogens is 1. The van der Waals surface area contributed by atoms with E-state index in [4.69, 9.17) is 21.1 Å². The minimum Gasteiger partial charge on any atom is -0.474 e. The number of amides is 1. The monoisotopic (exact) mass is 431 g/mol. The lowest BCUT2D eigenvalue weighted by atomic mass is 10.1. The van der Waals surface area contributed by atoms with Gasteiger partial charge in [0.05, 0.1) is 11.4 Å². The number of aromatic nitrogens is 3. The molecule has 9 heteroatoms. The molecular weight excluding hydrogens is 406 g/mol. The van der Waals surface area contributed by atoms with Gasteiger partial charge in [-0.15, -0.1) is 0 Å². The summed E-state index contributed by atoms with van der Waals surface area (Å²) < 4.78 is 11.5. The third kappa shape index (κ3) is 4.75. The van der Waals surface area contributed by atoms with Crippen molar-refractivity contribution in [2.24, 2.45) is 0 Å². The van der Waals surface area contributed by atoms with Crippen LogP contribution in [0.5, 0.6) is 5.88 Å². The molecular formula is C21H26ClN5O3. The minimum absolute atomic E-state index is 0.00206. The second-order valence-corrected chi connectivity index (χ2v) is 8.89. The number of nitrogens with zero attached hydrogens (tertiary/aromatic N) is 5. The van der Waals surface area contributed by atoms with Crippen LogP contribution in [-0.4, -0.2) is 57.3 Å². The van der Waals surface area contributed by atoms with Gasteiger partial charge in [0.15, 0.2) is 0 Å². The molecule has 2 aliphatic rings. The third-order valence-corrected chi connectivity index (χ3v) is 5.27. The molecule has 2 aliphatic heterocycles. The Morgan fingerprint density at radius 3 is 2.67 bits per heavy atom. The van der Waals surface area contributed by atoms with Gasteiger partial charge in [-0.25, -0.2) is 19.7 Å². The Morgan fingerprint density at radius 1 is 1.17 bits per heavy atom. The first kappa shape index (κ1) is 20.7. The van der Waals surface area contributed by atoms with Crippen LogP contribution in [0.3, 0.4) is 0 Å². The molecule has 1 fully saturated rings. The number of ether oxygens (including phenoxy) is 2. The van der Waals surface area contributed by atoms with Crippen molar-refractivity contribution in [1.82, 2.24) is 19.9 Å². The maximum Gasteiger partial charge on any atom is 0.410 e. The summed E-state index contributed by atoms with van der Waals surface area (Å²) in [4.78, 5) is 29.1. The summed E-state index contributed by atoms with van der Waals surface area (Å²) in [7, 11) is 0. The van der Waals surface area contributed by atoms with Gasteiger partial charge in [-0.05, 0) is 32.9 Å². The molecule has 0 atom stereocenters. The van der Waals surface area contributed by atoms with Crippen LogP contribution in [0.2, 0.25) is 5.15 Å². The lowest BCUT2D eigenvalue weighted by molar-refractivity contribution is 0.0123. The van der Waals surface area contributed by atoms with Crippen molar-refractivity contribution in [2.45, 2.75) is 51.7 Å². The van der Waals surface area contributed by atoms with E-state index in [0.29, 0.717) is 24.1 Å². The summed E-state index contributed by atoms with van der Waals surface area (Å²) in [6.07, 6.45) is 3.52. The average Bonchev–Trinajstić information content (AvgIpc) is 3.10. The van der Waals surface area contributed by atoms with Crippen molar-refractivity contribution in [3.63, 3.8) is 0 Å². The van der Waals surface area contributed by atoms with Crippen LogP contribution in [0.15, 0.2) is 24.5 Å². The fourth-order valence-electron chi connectivity index (χ4n) is 3.67. The highest BCUT2D eigenvalue weighted by Gasteiger charge is 2.28. The predicted molar refractivity (Wildman–Crippen MR) is 113 cm³/mol. The fraction of sp³-hybridized carbons (Fsp3) is 0.524. The Balaban J connectivity index is 1.37. The van der Waals surface area contributed by atoms with Gasteiger partial charge in [-0.1, -0.05) is 11.6 Å². The van der Waals surface area contributed by atoms with Gasteiger partial charge >= 0.3 is 6.09 Å². The molecule has 0 N–H and O–H groups in total. The highest BCUT2D eigenvalue weighted by Crippen LogP contribution is 2.34. The van der Waals surface area contributed by atoms with E-state index >= 15 is 0 Å². The smallest absolute Gasteiger partial charge is 0.410 e. The van der Waals surface area contributed by atoms with Crippen LogP contribution in [0.25, 0.3) is 0 Å². The lowest BCUT2D eigenvalue weighted by Crippen LogP contribution is -2.44. The zero-order valence-corrected chi connectivity index (χ0v) is 18.2. The van der Waals surface area contributed by atoms with E-state index < -0.39 is 5.60 Å². The van der Waals surface area contributed by atoms with Crippen LogP contribution in [0, 0.1) is 0 Å². The average molecular weight is 432 g/mol. The zero-order valence-electron chi connectivity index (χ0n) is 17.5. The van der Waals surface area contributed by atoms with Gasteiger partial charge in [0, 0.05) is 45.0 Å². The van der Waals surface area contributed by atoms with Gasteiger partial charge in [-0.2, -0.15) is 0 Å². The highest BCUT2D eigenvalue weighted by molar-refractivity contribution is 6.29. The van der Waals surface area contributed by atoms with Crippen LogP contribution < -0.4 is 9.64 Å². The highest BCUT2D eigenvalue weighted by atomic mass is 35.5. The van der Waals surface area contributed by atoms with E-state index in [1.165, 1.54) is 6.33 Å². The Morgan fingerprint density at radius 2 is 1.93 bits per heavy atom. The van der Waals surface area contributed by atoms with E-state index in [0.717, 1.165) is 43.0 Å². The van der Waals surface area contributed by atoms with E-state index in [1.54, 1.807) is 11.0 Å². The van der Waals surface area contributed by atoms with Gasteiger partial charge in [0.2, 0.25) is 5.88 Å². The number of fused-ring (bicyclic) bond motifs is 1. The largest absolute Gasteiger partial charge is 0.474 e. The molecule has 8 nitrogen and oxygen atoms in total. The van der Waals surface area contributed by atoms with Crippen LogP contribution >= 0.6 is 11.6 Å². The summed E-state index contributed by atoms with van der Waals surface area (Å²) in [6.45, 7) is 7.60. The Kier molecular flexibility index (Phi) is 5.69. The van der Waals surface area contributed by atoms with E-state index in [-0.39, 0.29) is 12.2 Å². The number of hydrogen-bond donors (Lipinski definition) is 0. The summed E-state index contributed by atoms with van der Waals surface area (Å²) >= 11 is 6.00. The maximum absolute atomic E-state index is 12.2. The first-order valence-corrected chi connectivity index (χ1v) is 10.6. The quantitative estimate of drug-likeness (QED) is 0.679. The summed E-state index contributed by atoms with van der Waals surface area (Å²) in [5.41, 5.74) is 1.49. The number of likely N-dealkylation sites (tertiary alicyclic amines) is 1. The Bertz CT molecular complexity index is 925. The second kappa shape index (κ2) is 8.26. The molecule has 0 aromatic carbocycles. The summed E-state index contributed by atoms with van der Waals surface area (Å²) in [6, 6.07) is 5.60. The number of piperidine rings is 1. The molecule has 160 valence electrons. The molecule has 0 aliphatic carbocycles. The standard InChI is InChI=1S/C21H26ClN5O3/c1-21(2,3)30-20(28)26-9-6-14(7-10-26)29-19-12-18(23-13-24-19)27-11-8-15-16(27)4-5-17(22)25-15/h4-5,12-14H,6-11H2,1-3H3. The molecule has 4 heterocycles. The predicted octanol–water partition coefficient (Wildman–Crippen LogP) is 4.00. The number of rotatable bonds is 3. The second-order valence-electron chi connectivity index (χ2n) is 8.50. The Hall–Kier alpha value is -2.61. The van der Waals surface area contributed by atoms with E-state index in [9.17, 15) is 4.79 Å². The van der Waals surface area contributed by atoms with E-state index in [1.807, 2.05) is 32.9 Å². The molecule has 30 heavy (non-hydrogen) atoms. The molecule has 0 spiro atoms. The van der Waals surface area contributed by atoms with Gasteiger partial charge in [-0.3, -0.25) is 0 Å². The molecule has 0 bridgehead atoms. The van der Waals surface area contributed by atoms with Crippen LogP contribution in [-0.2, 0) is 11.2 Å². The first-order chi connectivity index (χ1) is 14.3. The zero-order chi connectivity index (χ0) is 21.3. The molecule has 0 unspecified atom stereocenters. The van der Waals surface area contributed by atoms with Gasteiger partial charge in [0.25, 0.3) is 0 Å². The third-order valence-electron chi connectivity index (χ3n) is 5.06. The van der Waals surface area contributed by atoms with Gasteiger partial charge < -0.3 is 19.3 Å². The molecule has 2 aromatic heterocycles. The van der Waals surface area contributed by atoms with Crippen LogP contribution in [0.4, 0.5) is 16.3 Å². The minimum atomic E-state index is -0.489. The summed E-state index contributed by atoms with van der Waals surface area (Å²) in [5, 5.41) is 0.500. The van der Waals surface area contributed by atoms with Crippen molar-refractivity contribution in [3.8, 4) is 5.88 Å². The lowest BCUT2D eigenvalue weighted by Gasteiger charge is -2.33. The molecule has 4 rings (SSSR count). The van der Waals surface area contributed by atoms with Crippen molar-refractivity contribution in [2.75, 3.05) is 24.5 Å². The number of pyridine rings is 1.